The quantitative estimate of drug-likeness (QED) is 0.728. The van der Waals surface area contributed by atoms with E-state index in [0.717, 1.165) is 11.3 Å². The maximum Gasteiger partial charge on any atom is 0.281 e. The number of nitrogens with one attached hydrogen (secondary N) is 1. The van der Waals surface area contributed by atoms with E-state index < -0.39 is 10.2 Å². The number of piperidine rings is 1. The van der Waals surface area contributed by atoms with Crippen molar-refractivity contribution >= 4 is 16.1 Å². The molecule has 7 nitrogen and oxygen atoms in total. The number of carbonyl (C=O) groups excluding carboxylic acids is 1. The second-order valence-corrected chi connectivity index (χ2v) is 8.53. The van der Waals surface area contributed by atoms with Crippen molar-refractivity contribution in [2.45, 2.75) is 19.8 Å². The minimum Gasteiger partial charge on any atom is -0.491 e. The standard InChI is InChI=1S/C17H27N3O4S/c1-14-7-4-5-9-16(14)24-12-10-18-17(21)15-8-6-11-20(13-15)25(22,23)19(2)3/h4-5,7,9,15H,6,8,10-13H2,1-3H3,(H,18,21). The molecule has 1 heterocycles. The minimum atomic E-state index is -3.47. The molecule has 1 amide bonds. The van der Waals surface area contributed by atoms with Gasteiger partial charge in [-0.1, -0.05) is 18.2 Å². The van der Waals surface area contributed by atoms with Gasteiger partial charge in [0, 0.05) is 27.2 Å². The second kappa shape index (κ2) is 8.64. The zero-order valence-electron chi connectivity index (χ0n) is 15.1. The first-order valence-corrected chi connectivity index (χ1v) is 9.86. The number of ether oxygens (including phenoxy) is 1. The molecule has 0 aliphatic carbocycles. The Balaban J connectivity index is 1.80. The third-order valence-corrected chi connectivity index (χ3v) is 6.20. The smallest absolute Gasteiger partial charge is 0.281 e. The van der Waals surface area contributed by atoms with Crippen LogP contribution in [0.4, 0.5) is 0 Å². The predicted molar refractivity (Wildman–Crippen MR) is 96.6 cm³/mol. The van der Waals surface area contributed by atoms with Crippen LogP contribution in [0, 0.1) is 12.8 Å². The molecule has 1 aromatic carbocycles. The highest BCUT2D eigenvalue weighted by molar-refractivity contribution is 7.86. The van der Waals surface area contributed by atoms with Gasteiger partial charge in [0.15, 0.2) is 0 Å². The van der Waals surface area contributed by atoms with Gasteiger partial charge in [0.2, 0.25) is 5.91 Å². The van der Waals surface area contributed by atoms with Crippen LogP contribution in [-0.4, -0.2) is 63.3 Å². The third kappa shape index (κ3) is 5.17. The van der Waals surface area contributed by atoms with Crippen LogP contribution in [0.3, 0.4) is 0 Å². The summed E-state index contributed by atoms with van der Waals surface area (Å²) in [5, 5.41) is 2.84. The van der Waals surface area contributed by atoms with Crippen LogP contribution >= 0.6 is 0 Å². The zero-order chi connectivity index (χ0) is 18.4. The van der Waals surface area contributed by atoms with Gasteiger partial charge in [-0.15, -0.1) is 0 Å². The Bertz CT molecular complexity index is 691. The molecule has 25 heavy (non-hydrogen) atoms. The average molecular weight is 369 g/mol. The fraction of sp³-hybridized carbons (Fsp3) is 0.588. The number of nitrogens with zero attached hydrogens (tertiary/aromatic N) is 2. The summed E-state index contributed by atoms with van der Waals surface area (Å²) in [6.07, 6.45) is 1.38. The average Bonchev–Trinajstić information content (AvgIpc) is 2.60. The largest absolute Gasteiger partial charge is 0.491 e. The highest BCUT2D eigenvalue weighted by atomic mass is 32.2. The maximum atomic E-state index is 12.3. The molecule has 1 aliphatic heterocycles. The highest BCUT2D eigenvalue weighted by Gasteiger charge is 2.33. The van der Waals surface area contributed by atoms with Gasteiger partial charge in [-0.05, 0) is 31.4 Å². The van der Waals surface area contributed by atoms with Gasteiger partial charge in [0.25, 0.3) is 10.2 Å². The van der Waals surface area contributed by atoms with E-state index in [0.29, 0.717) is 32.5 Å². The van der Waals surface area contributed by atoms with Crippen molar-refractivity contribution in [3.05, 3.63) is 29.8 Å². The molecule has 1 unspecified atom stereocenters. The van der Waals surface area contributed by atoms with Crippen molar-refractivity contribution in [2.75, 3.05) is 40.3 Å². The normalized spacial score (nSPS) is 19.0. The fourth-order valence-electron chi connectivity index (χ4n) is 2.79. The van der Waals surface area contributed by atoms with Crippen LogP contribution in [0.15, 0.2) is 24.3 Å². The lowest BCUT2D eigenvalue weighted by Gasteiger charge is -2.32. The highest BCUT2D eigenvalue weighted by Crippen LogP contribution is 2.20. The molecule has 1 aromatic rings. The van der Waals surface area contributed by atoms with Crippen LogP contribution in [0.25, 0.3) is 0 Å². The van der Waals surface area contributed by atoms with E-state index >= 15 is 0 Å². The summed E-state index contributed by atoms with van der Waals surface area (Å²) < 4.78 is 32.6. The fourth-order valence-corrected chi connectivity index (χ4v) is 3.98. The first-order valence-electron chi connectivity index (χ1n) is 8.46. The van der Waals surface area contributed by atoms with Gasteiger partial charge in [0.05, 0.1) is 12.5 Å². The molecule has 1 fully saturated rings. The van der Waals surface area contributed by atoms with Crippen LogP contribution < -0.4 is 10.1 Å². The molecule has 0 saturated carbocycles. The minimum absolute atomic E-state index is 0.118. The lowest BCUT2D eigenvalue weighted by atomic mass is 9.99. The van der Waals surface area contributed by atoms with Gasteiger partial charge in [-0.25, -0.2) is 0 Å². The molecular weight excluding hydrogens is 342 g/mol. The van der Waals surface area contributed by atoms with Crippen molar-refractivity contribution in [3.8, 4) is 5.75 Å². The Morgan fingerprint density at radius 1 is 1.36 bits per heavy atom. The molecule has 1 saturated heterocycles. The summed E-state index contributed by atoms with van der Waals surface area (Å²) >= 11 is 0. The van der Waals surface area contributed by atoms with Crippen molar-refractivity contribution in [1.82, 2.24) is 13.9 Å². The Kier molecular flexibility index (Phi) is 6.80. The Hall–Kier alpha value is -1.64. The molecule has 1 N–H and O–H groups in total. The van der Waals surface area contributed by atoms with Crippen molar-refractivity contribution in [3.63, 3.8) is 0 Å². The van der Waals surface area contributed by atoms with Crippen LogP contribution in [0.5, 0.6) is 5.75 Å². The third-order valence-electron chi connectivity index (χ3n) is 4.30. The maximum absolute atomic E-state index is 12.3. The number of aryl methyl sites for hydroxylation is 1. The summed E-state index contributed by atoms with van der Waals surface area (Å²) in [5.41, 5.74) is 1.05. The van der Waals surface area contributed by atoms with E-state index in [9.17, 15) is 13.2 Å². The van der Waals surface area contributed by atoms with E-state index in [4.69, 9.17) is 4.74 Å². The Labute approximate surface area is 150 Å². The first-order chi connectivity index (χ1) is 11.8. The molecular formula is C17H27N3O4S. The number of rotatable bonds is 7. The number of carbonyl (C=O) groups is 1. The number of benzene rings is 1. The lowest BCUT2D eigenvalue weighted by molar-refractivity contribution is -0.126. The van der Waals surface area contributed by atoms with Gasteiger partial charge in [-0.2, -0.15) is 17.0 Å². The first kappa shape index (κ1) is 19.7. The van der Waals surface area contributed by atoms with E-state index in [-0.39, 0.29) is 18.4 Å². The van der Waals surface area contributed by atoms with Crippen molar-refractivity contribution in [2.24, 2.45) is 5.92 Å². The summed E-state index contributed by atoms with van der Waals surface area (Å²) in [6, 6.07) is 7.71. The molecule has 0 bridgehead atoms. The van der Waals surface area contributed by atoms with E-state index in [1.54, 1.807) is 0 Å². The zero-order valence-corrected chi connectivity index (χ0v) is 15.9. The van der Waals surface area contributed by atoms with E-state index in [1.807, 2.05) is 31.2 Å². The SMILES string of the molecule is Cc1ccccc1OCCNC(=O)C1CCCN(S(=O)(=O)N(C)C)C1. The summed E-state index contributed by atoms with van der Waals surface area (Å²) in [5.74, 6) is 0.367. The number of para-hydroxylation sites is 1. The molecule has 0 spiro atoms. The molecule has 140 valence electrons. The monoisotopic (exact) mass is 369 g/mol. The van der Waals surface area contributed by atoms with Gasteiger partial charge >= 0.3 is 0 Å². The van der Waals surface area contributed by atoms with Gasteiger partial charge in [-0.3, -0.25) is 4.79 Å². The molecule has 8 heteroatoms. The Morgan fingerprint density at radius 2 is 2.08 bits per heavy atom. The van der Waals surface area contributed by atoms with Crippen molar-refractivity contribution < 1.29 is 17.9 Å². The second-order valence-electron chi connectivity index (χ2n) is 6.39. The van der Waals surface area contributed by atoms with Gasteiger partial charge in [0.1, 0.15) is 12.4 Å². The lowest BCUT2D eigenvalue weighted by Crippen LogP contribution is -2.49. The summed E-state index contributed by atoms with van der Waals surface area (Å²) in [6.45, 7) is 3.43. The van der Waals surface area contributed by atoms with Crippen LogP contribution in [-0.2, 0) is 15.0 Å². The number of hydrogen-bond acceptors (Lipinski definition) is 4. The summed E-state index contributed by atoms with van der Waals surface area (Å²) in [4.78, 5) is 12.3. The van der Waals surface area contributed by atoms with E-state index in [1.165, 1.54) is 22.7 Å². The molecule has 1 atom stereocenters. The van der Waals surface area contributed by atoms with Gasteiger partial charge < -0.3 is 10.1 Å². The number of amides is 1. The molecule has 1 aliphatic rings. The molecule has 2 rings (SSSR count). The predicted octanol–water partition coefficient (Wildman–Crippen LogP) is 1.01. The van der Waals surface area contributed by atoms with Crippen LogP contribution in [0.1, 0.15) is 18.4 Å². The van der Waals surface area contributed by atoms with Crippen LogP contribution in [0.2, 0.25) is 0 Å². The molecule has 0 radical (unpaired) electrons. The Morgan fingerprint density at radius 3 is 2.76 bits per heavy atom. The summed E-state index contributed by atoms with van der Waals surface area (Å²) in [7, 11) is -0.467. The van der Waals surface area contributed by atoms with Crippen molar-refractivity contribution in [1.29, 1.82) is 0 Å². The number of hydrogen-bond donors (Lipinski definition) is 1. The topological polar surface area (TPSA) is 79.0 Å². The van der Waals surface area contributed by atoms with E-state index in [2.05, 4.69) is 5.32 Å². The molecule has 0 aromatic heterocycles.